The minimum absolute atomic E-state index is 0.519. The lowest BCUT2D eigenvalue weighted by atomic mass is 10.4. The summed E-state index contributed by atoms with van der Waals surface area (Å²) in [5, 5.41) is 5.00. The van der Waals surface area contributed by atoms with Crippen LogP contribution in [0.5, 0.6) is 0 Å². The van der Waals surface area contributed by atoms with E-state index in [4.69, 9.17) is 21.8 Å². The molecule has 2 rings (SSSR count). The number of rotatable bonds is 4. The van der Waals surface area contributed by atoms with Gasteiger partial charge in [-0.3, -0.25) is 0 Å². The van der Waals surface area contributed by atoms with Gasteiger partial charge in [-0.05, 0) is 36.4 Å². The van der Waals surface area contributed by atoms with Crippen LogP contribution >= 0.6 is 23.4 Å². The molecular formula is C12H10ClN3O2S. The molecule has 0 saturated heterocycles. The lowest BCUT2D eigenvalue weighted by Crippen LogP contribution is -2.24. The molecule has 19 heavy (non-hydrogen) atoms. The third-order valence-electron chi connectivity index (χ3n) is 2.00. The summed E-state index contributed by atoms with van der Waals surface area (Å²) in [7, 11) is 0. The molecule has 2 aromatic rings. The van der Waals surface area contributed by atoms with Gasteiger partial charge in [0.25, 0.3) is 0 Å². The predicted octanol–water partition coefficient (Wildman–Crippen LogP) is 3.09. The lowest BCUT2D eigenvalue weighted by Gasteiger charge is -1.97. The van der Waals surface area contributed by atoms with Gasteiger partial charge in [0.2, 0.25) is 0 Å². The first-order chi connectivity index (χ1) is 9.13. The van der Waals surface area contributed by atoms with Crippen LogP contribution in [-0.2, 0) is 0 Å². The molecule has 0 radical (unpaired) electrons. The summed E-state index contributed by atoms with van der Waals surface area (Å²) >= 11 is 7.26. The number of urea groups is 1. The fraction of sp³-hybridized carbons (Fsp3) is 0. The molecule has 0 unspecified atom stereocenters. The third kappa shape index (κ3) is 4.35. The van der Waals surface area contributed by atoms with Gasteiger partial charge in [-0.25, -0.2) is 10.2 Å². The summed E-state index contributed by atoms with van der Waals surface area (Å²) in [6.07, 6.45) is 1.37. The molecule has 0 saturated carbocycles. The molecule has 0 aliphatic heterocycles. The molecule has 98 valence electrons. The number of nitrogens with zero attached hydrogens (tertiary/aromatic N) is 1. The summed E-state index contributed by atoms with van der Waals surface area (Å²) in [5.74, 6) is 0.519. The normalized spacial score (nSPS) is 10.8. The van der Waals surface area contributed by atoms with Crippen molar-refractivity contribution in [3.63, 3.8) is 0 Å². The van der Waals surface area contributed by atoms with Gasteiger partial charge in [0.1, 0.15) is 5.76 Å². The van der Waals surface area contributed by atoms with Crippen LogP contribution in [-0.4, -0.2) is 12.2 Å². The zero-order valence-corrected chi connectivity index (χ0v) is 11.2. The maximum Gasteiger partial charge on any atom is 0.332 e. The number of carbonyl (C=O) groups is 1. The Balaban J connectivity index is 1.99. The fourth-order valence-electron chi connectivity index (χ4n) is 1.24. The fourth-order valence-corrected chi connectivity index (χ4v) is 2.14. The van der Waals surface area contributed by atoms with Crippen LogP contribution in [0.4, 0.5) is 4.79 Å². The van der Waals surface area contributed by atoms with E-state index in [1.807, 2.05) is 30.3 Å². The van der Waals surface area contributed by atoms with E-state index in [0.717, 1.165) is 4.90 Å². The Morgan fingerprint density at radius 2 is 2.05 bits per heavy atom. The first kappa shape index (κ1) is 13.5. The van der Waals surface area contributed by atoms with Crippen molar-refractivity contribution in [1.29, 1.82) is 0 Å². The second kappa shape index (κ2) is 6.31. The monoisotopic (exact) mass is 295 g/mol. The zero-order valence-electron chi connectivity index (χ0n) is 9.67. The highest BCUT2D eigenvalue weighted by Crippen LogP contribution is 2.29. The van der Waals surface area contributed by atoms with E-state index in [2.05, 4.69) is 10.5 Å². The number of hydrazone groups is 1. The maximum atomic E-state index is 10.4. The van der Waals surface area contributed by atoms with E-state index < -0.39 is 6.03 Å². The molecule has 1 aromatic carbocycles. The molecule has 1 heterocycles. The van der Waals surface area contributed by atoms with Gasteiger partial charge in [-0.2, -0.15) is 5.10 Å². The van der Waals surface area contributed by atoms with Crippen molar-refractivity contribution in [2.45, 2.75) is 9.99 Å². The molecule has 0 bridgehead atoms. The first-order valence-electron chi connectivity index (χ1n) is 5.25. The van der Waals surface area contributed by atoms with E-state index in [-0.39, 0.29) is 0 Å². The summed E-state index contributed by atoms with van der Waals surface area (Å²) in [6, 6.07) is 10.3. The molecule has 0 aliphatic carbocycles. The zero-order chi connectivity index (χ0) is 13.7. The number of hydrogen-bond donors (Lipinski definition) is 2. The van der Waals surface area contributed by atoms with Crippen LogP contribution in [0.1, 0.15) is 5.76 Å². The molecule has 2 amide bonds. The highest BCUT2D eigenvalue weighted by Gasteiger charge is 2.03. The van der Waals surface area contributed by atoms with E-state index in [9.17, 15) is 4.79 Å². The molecule has 7 heteroatoms. The minimum atomic E-state index is -0.724. The number of nitrogens with one attached hydrogen (secondary N) is 1. The Hall–Kier alpha value is -1.92. The summed E-state index contributed by atoms with van der Waals surface area (Å²) in [4.78, 5) is 11.4. The number of hydrogen-bond acceptors (Lipinski definition) is 4. The molecular weight excluding hydrogens is 286 g/mol. The predicted molar refractivity (Wildman–Crippen MR) is 74.6 cm³/mol. The smallest absolute Gasteiger partial charge is 0.332 e. The first-order valence-corrected chi connectivity index (χ1v) is 6.45. The van der Waals surface area contributed by atoms with Crippen molar-refractivity contribution in [2.75, 3.05) is 0 Å². The van der Waals surface area contributed by atoms with Crippen LogP contribution in [0.2, 0.25) is 5.02 Å². The Morgan fingerprint density at radius 3 is 2.74 bits per heavy atom. The van der Waals surface area contributed by atoms with Gasteiger partial charge in [-0.1, -0.05) is 23.4 Å². The van der Waals surface area contributed by atoms with Gasteiger partial charge >= 0.3 is 6.03 Å². The van der Waals surface area contributed by atoms with E-state index in [1.54, 1.807) is 6.07 Å². The maximum absolute atomic E-state index is 10.4. The van der Waals surface area contributed by atoms with Gasteiger partial charge in [0, 0.05) is 9.92 Å². The number of halogens is 1. The number of carbonyl (C=O) groups excluding carboxylic acids is 1. The summed E-state index contributed by atoms with van der Waals surface area (Å²) in [6.45, 7) is 0. The number of primary amides is 1. The molecule has 5 nitrogen and oxygen atoms in total. The lowest BCUT2D eigenvalue weighted by molar-refractivity contribution is 0.249. The minimum Gasteiger partial charge on any atom is -0.448 e. The third-order valence-corrected chi connectivity index (χ3v) is 3.18. The van der Waals surface area contributed by atoms with Crippen molar-refractivity contribution < 1.29 is 9.21 Å². The number of furan rings is 1. The van der Waals surface area contributed by atoms with Crippen LogP contribution < -0.4 is 11.2 Å². The quantitative estimate of drug-likeness (QED) is 0.672. The van der Waals surface area contributed by atoms with Gasteiger partial charge in [0.05, 0.1) is 6.21 Å². The highest BCUT2D eigenvalue weighted by atomic mass is 35.5. The van der Waals surface area contributed by atoms with Gasteiger partial charge in [0.15, 0.2) is 5.09 Å². The van der Waals surface area contributed by atoms with Crippen molar-refractivity contribution in [1.82, 2.24) is 5.43 Å². The molecule has 0 fully saturated rings. The average Bonchev–Trinajstić information content (AvgIpc) is 2.79. The van der Waals surface area contributed by atoms with Gasteiger partial charge in [-0.15, -0.1) is 0 Å². The molecule has 3 N–H and O–H groups in total. The topological polar surface area (TPSA) is 80.6 Å². The van der Waals surface area contributed by atoms with E-state index in [1.165, 1.54) is 18.0 Å². The van der Waals surface area contributed by atoms with Crippen molar-refractivity contribution in [2.24, 2.45) is 10.8 Å². The molecule has 0 spiro atoms. The largest absolute Gasteiger partial charge is 0.448 e. The molecule has 1 aromatic heterocycles. The van der Waals surface area contributed by atoms with Crippen molar-refractivity contribution >= 4 is 35.6 Å². The standard InChI is InChI=1S/C12H10ClN3O2S/c13-8-1-4-10(5-2-8)19-11-6-3-9(18-11)7-15-16-12(14)17/h1-7H,(H3,14,16,17). The number of nitrogens with two attached hydrogens (primary N) is 1. The van der Waals surface area contributed by atoms with E-state index in [0.29, 0.717) is 15.9 Å². The Bertz CT molecular complexity index is 595. The highest BCUT2D eigenvalue weighted by molar-refractivity contribution is 7.99. The summed E-state index contributed by atoms with van der Waals surface area (Å²) in [5.41, 5.74) is 6.95. The molecule has 0 aliphatic rings. The Kier molecular flexibility index (Phi) is 4.48. The van der Waals surface area contributed by atoms with Gasteiger partial charge < -0.3 is 10.2 Å². The van der Waals surface area contributed by atoms with Crippen molar-refractivity contribution in [3.05, 3.63) is 47.2 Å². The van der Waals surface area contributed by atoms with Crippen LogP contribution in [0.3, 0.4) is 0 Å². The van der Waals surface area contributed by atoms with Crippen LogP contribution in [0.15, 0.2) is 55.9 Å². The Labute approximate surface area is 118 Å². The Morgan fingerprint density at radius 1 is 1.32 bits per heavy atom. The SMILES string of the molecule is NC(=O)NN=Cc1ccc(Sc2ccc(Cl)cc2)o1. The number of benzene rings is 1. The van der Waals surface area contributed by atoms with E-state index >= 15 is 0 Å². The second-order valence-corrected chi connectivity index (χ2v) is 4.96. The second-order valence-electron chi connectivity index (χ2n) is 3.45. The molecule has 0 atom stereocenters. The van der Waals surface area contributed by atoms with Crippen LogP contribution in [0.25, 0.3) is 0 Å². The van der Waals surface area contributed by atoms with Crippen LogP contribution in [0, 0.1) is 0 Å². The summed E-state index contributed by atoms with van der Waals surface area (Å²) < 4.78 is 5.49. The average molecular weight is 296 g/mol. The van der Waals surface area contributed by atoms with Crippen molar-refractivity contribution in [3.8, 4) is 0 Å². The number of amides is 2.